The second-order valence-corrected chi connectivity index (χ2v) is 4.83. The highest BCUT2D eigenvalue weighted by Crippen LogP contribution is 2.35. The van der Waals surface area contributed by atoms with Crippen LogP contribution in [0.2, 0.25) is 0 Å². The summed E-state index contributed by atoms with van der Waals surface area (Å²) in [6.45, 7) is 1.92. The molecule has 2 aromatic carbocycles. The molecule has 1 heterocycles. The molecule has 0 saturated heterocycles. The van der Waals surface area contributed by atoms with Crippen LogP contribution in [0, 0.1) is 11.3 Å². The van der Waals surface area contributed by atoms with Crippen LogP contribution < -0.4 is 10.5 Å². The molecule has 2 N–H and O–H groups in total. The lowest BCUT2D eigenvalue weighted by molar-refractivity contribution is 0.467. The summed E-state index contributed by atoms with van der Waals surface area (Å²) in [5.41, 5.74) is 7.48. The zero-order valence-electron chi connectivity index (χ0n) is 11.5. The van der Waals surface area contributed by atoms with Crippen molar-refractivity contribution in [3.05, 3.63) is 59.9 Å². The third-order valence-electron chi connectivity index (χ3n) is 3.28. The molecule has 4 nitrogen and oxygen atoms in total. The third-order valence-corrected chi connectivity index (χ3v) is 3.28. The van der Waals surface area contributed by atoms with Crippen LogP contribution in [-0.4, -0.2) is 0 Å². The normalized spacial score (nSPS) is 12.0. The number of furan rings is 1. The smallest absolute Gasteiger partial charge is 0.247 e. The Morgan fingerprint density at radius 1 is 1.14 bits per heavy atom. The zero-order valence-corrected chi connectivity index (χ0v) is 11.5. The molecule has 1 atom stereocenters. The highest BCUT2D eigenvalue weighted by molar-refractivity contribution is 5.86. The predicted molar refractivity (Wildman–Crippen MR) is 80.0 cm³/mol. The second kappa shape index (κ2) is 5.31. The number of nitrogens with two attached hydrogens (primary N) is 1. The Labute approximate surface area is 122 Å². The van der Waals surface area contributed by atoms with Gasteiger partial charge in [-0.3, -0.25) is 0 Å². The lowest BCUT2D eigenvalue weighted by atomic mass is 10.1. The number of ether oxygens (including phenoxy) is 1. The molecule has 1 unspecified atom stereocenters. The van der Waals surface area contributed by atoms with E-state index in [0.717, 1.165) is 10.9 Å². The van der Waals surface area contributed by atoms with Gasteiger partial charge in [0.15, 0.2) is 5.75 Å². The van der Waals surface area contributed by atoms with Crippen LogP contribution >= 0.6 is 0 Å². The maximum Gasteiger partial charge on any atom is 0.247 e. The number of nitriles is 1. The van der Waals surface area contributed by atoms with Gasteiger partial charge in [-0.05, 0) is 36.8 Å². The third kappa shape index (κ3) is 2.47. The van der Waals surface area contributed by atoms with E-state index in [4.69, 9.17) is 14.9 Å². The zero-order chi connectivity index (χ0) is 14.8. The van der Waals surface area contributed by atoms with Crippen molar-refractivity contribution in [1.82, 2.24) is 0 Å². The van der Waals surface area contributed by atoms with E-state index in [2.05, 4.69) is 0 Å². The van der Waals surface area contributed by atoms with Crippen LogP contribution in [0.4, 0.5) is 0 Å². The fourth-order valence-electron chi connectivity index (χ4n) is 2.15. The summed E-state index contributed by atoms with van der Waals surface area (Å²) < 4.78 is 11.3. The molecular weight excluding hydrogens is 264 g/mol. The summed E-state index contributed by atoms with van der Waals surface area (Å²) in [6.07, 6.45) is 0. The summed E-state index contributed by atoms with van der Waals surface area (Å²) in [6, 6.07) is 16.9. The number of fused-ring (bicyclic) bond motifs is 1. The SMILES string of the molecule is CC(N)c1ccc(Oc2c(C#N)oc3ccccc23)cc1. The van der Waals surface area contributed by atoms with Gasteiger partial charge in [0.05, 0.1) is 5.39 Å². The second-order valence-electron chi connectivity index (χ2n) is 4.83. The van der Waals surface area contributed by atoms with E-state index in [-0.39, 0.29) is 11.8 Å². The maximum atomic E-state index is 9.17. The van der Waals surface area contributed by atoms with Gasteiger partial charge in [0.2, 0.25) is 5.76 Å². The lowest BCUT2D eigenvalue weighted by Gasteiger charge is -2.08. The molecule has 21 heavy (non-hydrogen) atoms. The predicted octanol–water partition coefficient (Wildman–Crippen LogP) is 4.12. The Bertz CT molecular complexity index is 811. The van der Waals surface area contributed by atoms with Crippen LogP contribution in [0.1, 0.15) is 24.3 Å². The van der Waals surface area contributed by atoms with Gasteiger partial charge in [-0.25, -0.2) is 0 Å². The molecule has 0 radical (unpaired) electrons. The molecule has 0 amide bonds. The minimum atomic E-state index is -0.0246. The first-order valence-corrected chi connectivity index (χ1v) is 6.64. The number of rotatable bonds is 3. The van der Waals surface area contributed by atoms with Crippen molar-refractivity contribution in [1.29, 1.82) is 5.26 Å². The van der Waals surface area contributed by atoms with Gasteiger partial charge in [0.1, 0.15) is 17.4 Å². The number of benzene rings is 2. The molecule has 4 heteroatoms. The largest absolute Gasteiger partial charge is 0.452 e. The Morgan fingerprint density at radius 3 is 2.52 bits per heavy atom. The molecule has 0 aliphatic carbocycles. The first-order valence-electron chi connectivity index (χ1n) is 6.64. The van der Waals surface area contributed by atoms with E-state index in [1.807, 2.05) is 61.5 Å². The van der Waals surface area contributed by atoms with Gasteiger partial charge < -0.3 is 14.9 Å². The highest BCUT2D eigenvalue weighted by Gasteiger charge is 2.15. The molecule has 0 saturated carbocycles. The van der Waals surface area contributed by atoms with E-state index in [9.17, 15) is 5.26 Å². The summed E-state index contributed by atoms with van der Waals surface area (Å²) in [7, 11) is 0. The van der Waals surface area contributed by atoms with Gasteiger partial charge >= 0.3 is 0 Å². The summed E-state index contributed by atoms with van der Waals surface area (Å²) in [5, 5.41) is 9.96. The molecule has 0 spiro atoms. The number of nitrogens with zero attached hydrogens (tertiary/aromatic N) is 1. The van der Waals surface area contributed by atoms with Gasteiger partial charge in [-0.1, -0.05) is 24.3 Å². The average molecular weight is 278 g/mol. The first kappa shape index (κ1) is 13.2. The summed E-state index contributed by atoms with van der Waals surface area (Å²) in [4.78, 5) is 0. The van der Waals surface area contributed by atoms with Gasteiger partial charge in [0, 0.05) is 6.04 Å². The van der Waals surface area contributed by atoms with Crippen molar-refractivity contribution in [3.63, 3.8) is 0 Å². The minimum absolute atomic E-state index is 0.0246. The fourth-order valence-corrected chi connectivity index (χ4v) is 2.15. The lowest BCUT2D eigenvalue weighted by Crippen LogP contribution is -2.04. The van der Waals surface area contributed by atoms with Crippen molar-refractivity contribution in [2.24, 2.45) is 5.73 Å². The quantitative estimate of drug-likeness (QED) is 0.782. The number of para-hydroxylation sites is 1. The molecular formula is C17H14N2O2. The molecule has 0 aliphatic rings. The van der Waals surface area contributed by atoms with Crippen LogP contribution in [0.15, 0.2) is 52.9 Å². The van der Waals surface area contributed by atoms with Crippen LogP contribution in [0.25, 0.3) is 11.0 Å². The van der Waals surface area contributed by atoms with Gasteiger partial charge in [0.25, 0.3) is 0 Å². The topological polar surface area (TPSA) is 72.2 Å². The maximum absolute atomic E-state index is 9.17. The van der Waals surface area contributed by atoms with Gasteiger partial charge in [-0.2, -0.15) is 5.26 Å². The Hall–Kier alpha value is -2.77. The Balaban J connectivity index is 1.99. The molecule has 1 aromatic heterocycles. The van der Waals surface area contributed by atoms with E-state index < -0.39 is 0 Å². The summed E-state index contributed by atoms with van der Waals surface area (Å²) in [5.74, 6) is 1.26. The standard InChI is InChI=1S/C17H14N2O2/c1-11(19)12-6-8-13(9-7-12)20-17-14-4-2-3-5-15(14)21-16(17)10-18/h2-9,11H,19H2,1H3. The minimum Gasteiger partial charge on any atom is -0.452 e. The van der Waals surface area contributed by atoms with Crippen LogP contribution in [0.5, 0.6) is 11.5 Å². The Kier molecular flexibility index (Phi) is 3.35. The van der Waals surface area contributed by atoms with E-state index >= 15 is 0 Å². The molecule has 0 fully saturated rings. The highest BCUT2D eigenvalue weighted by atomic mass is 16.5. The average Bonchev–Trinajstić information content (AvgIpc) is 2.86. The molecule has 3 aromatic rings. The molecule has 3 rings (SSSR count). The van der Waals surface area contributed by atoms with Crippen LogP contribution in [0.3, 0.4) is 0 Å². The van der Waals surface area contributed by atoms with Gasteiger partial charge in [-0.15, -0.1) is 0 Å². The molecule has 0 bridgehead atoms. The van der Waals surface area contributed by atoms with Crippen molar-refractivity contribution < 1.29 is 9.15 Å². The van der Waals surface area contributed by atoms with Crippen molar-refractivity contribution in [2.45, 2.75) is 13.0 Å². The Morgan fingerprint density at radius 2 is 1.86 bits per heavy atom. The van der Waals surface area contributed by atoms with E-state index in [1.54, 1.807) is 0 Å². The van der Waals surface area contributed by atoms with E-state index in [1.165, 1.54) is 0 Å². The first-order chi connectivity index (χ1) is 10.2. The van der Waals surface area contributed by atoms with Crippen molar-refractivity contribution in [2.75, 3.05) is 0 Å². The van der Waals surface area contributed by atoms with Crippen molar-refractivity contribution >= 4 is 11.0 Å². The number of hydrogen-bond acceptors (Lipinski definition) is 4. The monoisotopic (exact) mass is 278 g/mol. The van der Waals surface area contributed by atoms with Crippen LogP contribution in [-0.2, 0) is 0 Å². The van der Waals surface area contributed by atoms with Crippen molar-refractivity contribution in [3.8, 4) is 17.6 Å². The molecule has 104 valence electrons. The molecule has 0 aliphatic heterocycles. The number of hydrogen-bond donors (Lipinski definition) is 1. The van der Waals surface area contributed by atoms with E-state index in [0.29, 0.717) is 17.1 Å². The summed E-state index contributed by atoms with van der Waals surface area (Å²) >= 11 is 0. The fraction of sp³-hybridized carbons (Fsp3) is 0.118.